The van der Waals surface area contributed by atoms with E-state index < -0.39 is 0 Å². The fourth-order valence-corrected chi connectivity index (χ4v) is 4.81. The summed E-state index contributed by atoms with van der Waals surface area (Å²) in [6.07, 6.45) is 4.02. The van der Waals surface area contributed by atoms with Crippen LogP contribution in [0.3, 0.4) is 0 Å². The normalized spacial score (nSPS) is 23.2. The van der Waals surface area contributed by atoms with E-state index in [4.69, 9.17) is 0 Å². The van der Waals surface area contributed by atoms with Crippen LogP contribution in [-0.2, 0) is 0 Å². The maximum absolute atomic E-state index is 10.7. The number of likely N-dealkylation sites (tertiary alicyclic amines) is 1. The zero-order valence-electron chi connectivity index (χ0n) is 13.1. The highest BCUT2D eigenvalue weighted by Crippen LogP contribution is 2.34. The third kappa shape index (κ3) is 2.62. The van der Waals surface area contributed by atoms with Crippen LogP contribution in [0.25, 0.3) is 4.96 Å². The molecule has 1 aliphatic heterocycles. The zero-order chi connectivity index (χ0) is 15.8. The van der Waals surface area contributed by atoms with E-state index in [0.717, 1.165) is 22.9 Å². The molecule has 3 atom stereocenters. The second-order valence-electron chi connectivity index (χ2n) is 6.45. The minimum absolute atomic E-state index is 0.146. The minimum Gasteiger partial charge on any atom is -0.492 e. The Balaban J connectivity index is 1.81. The van der Waals surface area contributed by atoms with Gasteiger partial charge in [-0.2, -0.15) is 9.61 Å². The summed E-state index contributed by atoms with van der Waals surface area (Å²) in [6, 6.07) is 10.6. The fraction of sp³-hybridized carbons (Fsp3) is 0.412. The van der Waals surface area contributed by atoms with E-state index >= 15 is 0 Å². The van der Waals surface area contributed by atoms with E-state index in [1.807, 2.05) is 6.07 Å². The molecule has 1 fully saturated rings. The van der Waals surface area contributed by atoms with Crippen LogP contribution in [0, 0.1) is 5.92 Å². The molecule has 3 heterocycles. The number of aromatic hydroxyl groups is 1. The summed E-state index contributed by atoms with van der Waals surface area (Å²) in [5.74, 6) is 0.955. The maximum atomic E-state index is 10.7. The Hall–Kier alpha value is -1.92. The maximum Gasteiger partial charge on any atom is 0.235 e. The van der Waals surface area contributed by atoms with Gasteiger partial charge in [-0.05, 0) is 12.8 Å². The molecule has 1 aliphatic rings. The number of piperidine rings is 1. The van der Waals surface area contributed by atoms with Gasteiger partial charge in [-0.25, -0.2) is 4.98 Å². The van der Waals surface area contributed by atoms with Crippen LogP contribution in [-0.4, -0.2) is 32.8 Å². The van der Waals surface area contributed by atoms with Gasteiger partial charge in [0.15, 0.2) is 6.04 Å². The van der Waals surface area contributed by atoms with Crippen LogP contribution in [0.15, 0.2) is 36.7 Å². The quantitative estimate of drug-likeness (QED) is 0.772. The van der Waals surface area contributed by atoms with E-state index in [1.54, 1.807) is 15.9 Å². The van der Waals surface area contributed by atoms with Gasteiger partial charge in [0.25, 0.3) is 0 Å². The molecule has 0 saturated carbocycles. The van der Waals surface area contributed by atoms with Gasteiger partial charge in [0.05, 0.1) is 13.1 Å². The Bertz CT molecular complexity index is 797. The van der Waals surface area contributed by atoms with Crippen molar-refractivity contribution in [2.45, 2.75) is 25.8 Å². The molecule has 23 heavy (non-hydrogen) atoms. The Morgan fingerprint density at radius 2 is 2.17 bits per heavy atom. The lowest BCUT2D eigenvalue weighted by Gasteiger charge is -2.34. The number of nitrogens with one attached hydrogen (secondary N) is 1. The van der Waals surface area contributed by atoms with Crippen LogP contribution in [0.4, 0.5) is 0 Å². The summed E-state index contributed by atoms with van der Waals surface area (Å²) in [5.41, 5.74) is 1.25. The van der Waals surface area contributed by atoms with Gasteiger partial charge < -0.3 is 10.0 Å². The van der Waals surface area contributed by atoms with E-state index in [9.17, 15) is 5.11 Å². The molecule has 0 bridgehead atoms. The predicted molar refractivity (Wildman–Crippen MR) is 89.9 cm³/mol. The molecule has 3 aromatic rings. The molecule has 1 unspecified atom stereocenters. The summed E-state index contributed by atoms with van der Waals surface area (Å²) in [4.78, 5) is 7.48. The molecule has 4 rings (SSSR count). The topological polar surface area (TPSA) is 54.9 Å². The summed E-state index contributed by atoms with van der Waals surface area (Å²) in [6.45, 7) is 4.59. The smallest absolute Gasteiger partial charge is 0.235 e. The van der Waals surface area contributed by atoms with Gasteiger partial charge in [0.1, 0.15) is 11.2 Å². The first-order valence-electron chi connectivity index (χ1n) is 8.15. The first kappa shape index (κ1) is 14.7. The molecule has 2 N–H and O–H groups in total. The molecule has 120 valence electrons. The lowest BCUT2D eigenvalue weighted by atomic mass is 9.95. The first-order chi connectivity index (χ1) is 11.2. The van der Waals surface area contributed by atoms with Crippen molar-refractivity contribution in [2.75, 3.05) is 13.1 Å². The average molecular weight is 329 g/mol. The van der Waals surface area contributed by atoms with Crippen molar-refractivity contribution in [3.63, 3.8) is 0 Å². The van der Waals surface area contributed by atoms with E-state index in [1.165, 1.54) is 29.6 Å². The average Bonchev–Trinajstić information content (AvgIpc) is 3.13. The number of fused-ring (bicyclic) bond motifs is 1. The van der Waals surface area contributed by atoms with Gasteiger partial charge in [-0.15, -0.1) is 0 Å². The number of thiazole rings is 1. The highest BCUT2D eigenvalue weighted by atomic mass is 32.1. The Labute approximate surface area is 139 Å². The van der Waals surface area contributed by atoms with Crippen LogP contribution >= 0.6 is 11.3 Å². The van der Waals surface area contributed by atoms with E-state index in [-0.39, 0.29) is 11.9 Å². The Morgan fingerprint density at radius 3 is 2.91 bits per heavy atom. The van der Waals surface area contributed by atoms with E-state index in [2.05, 4.69) is 41.3 Å². The number of benzene rings is 1. The molecule has 2 aromatic heterocycles. The van der Waals surface area contributed by atoms with Crippen LogP contribution in [0.2, 0.25) is 0 Å². The van der Waals surface area contributed by atoms with Crippen molar-refractivity contribution < 1.29 is 10.0 Å². The van der Waals surface area contributed by atoms with Gasteiger partial charge in [-0.3, -0.25) is 0 Å². The number of hydrogen-bond acceptors (Lipinski definition) is 4. The monoisotopic (exact) mass is 329 g/mol. The molecule has 0 amide bonds. The number of rotatable bonds is 3. The van der Waals surface area contributed by atoms with Gasteiger partial charge in [-0.1, -0.05) is 48.6 Å². The lowest BCUT2D eigenvalue weighted by Crippen LogP contribution is -3.13. The zero-order valence-corrected chi connectivity index (χ0v) is 14.0. The predicted octanol–water partition coefficient (Wildman–Crippen LogP) is 1.90. The molecule has 1 saturated heterocycles. The second kappa shape index (κ2) is 5.94. The molecule has 6 heteroatoms. The standard InChI is InChI=1S/C17H20N4OS/c1-12-6-5-9-20(10-12)14(13-7-3-2-4-8-13)15-16(22)21-17(23-15)18-11-19-21/h2-4,7-8,11-12,14,22H,5-6,9-10H2,1H3/p+1/t12-,14-/m0/s1. The summed E-state index contributed by atoms with van der Waals surface area (Å²) in [5, 5.41) is 14.8. The van der Waals surface area contributed by atoms with Gasteiger partial charge in [0, 0.05) is 11.5 Å². The largest absolute Gasteiger partial charge is 0.492 e. The first-order valence-corrected chi connectivity index (χ1v) is 8.96. The van der Waals surface area contributed by atoms with Crippen molar-refractivity contribution >= 4 is 16.3 Å². The van der Waals surface area contributed by atoms with Gasteiger partial charge in [0.2, 0.25) is 10.8 Å². The summed E-state index contributed by atoms with van der Waals surface area (Å²) < 4.78 is 1.54. The van der Waals surface area contributed by atoms with Crippen molar-refractivity contribution in [1.82, 2.24) is 14.6 Å². The van der Waals surface area contributed by atoms with Crippen LogP contribution in [0.5, 0.6) is 5.88 Å². The van der Waals surface area contributed by atoms with Crippen LogP contribution < -0.4 is 4.90 Å². The second-order valence-corrected chi connectivity index (χ2v) is 7.46. The van der Waals surface area contributed by atoms with Crippen molar-refractivity contribution in [3.8, 4) is 5.88 Å². The minimum atomic E-state index is 0.146. The fourth-order valence-electron chi connectivity index (χ4n) is 3.69. The Morgan fingerprint density at radius 1 is 1.35 bits per heavy atom. The number of hydrogen-bond donors (Lipinski definition) is 2. The Kier molecular flexibility index (Phi) is 3.79. The molecule has 0 spiro atoms. The van der Waals surface area contributed by atoms with Crippen molar-refractivity contribution in [1.29, 1.82) is 0 Å². The summed E-state index contributed by atoms with van der Waals surface area (Å²) in [7, 11) is 0. The van der Waals surface area contributed by atoms with Gasteiger partial charge >= 0.3 is 0 Å². The van der Waals surface area contributed by atoms with E-state index in [0.29, 0.717) is 5.92 Å². The van der Waals surface area contributed by atoms with Crippen LogP contribution in [0.1, 0.15) is 36.2 Å². The molecule has 1 aromatic carbocycles. The number of quaternary nitrogens is 1. The molecule has 0 aliphatic carbocycles. The number of nitrogens with zero attached hydrogens (tertiary/aromatic N) is 3. The van der Waals surface area contributed by atoms with Crippen molar-refractivity contribution in [2.24, 2.45) is 5.92 Å². The highest BCUT2D eigenvalue weighted by molar-refractivity contribution is 7.17. The third-order valence-corrected chi connectivity index (χ3v) is 5.85. The molecule has 0 radical (unpaired) electrons. The summed E-state index contributed by atoms with van der Waals surface area (Å²) >= 11 is 1.55. The lowest BCUT2D eigenvalue weighted by molar-refractivity contribution is -0.933. The highest BCUT2D eigenvalue weighted by Gasteiger charge is 2.34. The molecular formula is C17H21N4OS+. The SMILES string of the molecule is C[C@H]1CCC[NH+]([C@@H](c2ccccc2)c2sc3ncnn3c2O)C1. The third-order valence-electron chi connectivity index (χ3n) is 4.75. The molecule has 5 nitrogen and oxygen atoms in total. The number of aromatic nitrogens is 3. The van der Waals surface area contributed by atoms with Crippen molar-refractivity contribution in [3.05, 3.63) is 47.1 Å². The molecular weight excluding hydrogens is 308 g/mol.